The minimum absolute atomic E-state index is 0.0329. The van der Waals surface area contributed by atoms with Crippen molar-refractivity contribution in [2.24, 2.45) is 5.92 Å². The summed E-state index contributed by atoms with van der Waals surface area (Å²) in [4.78, 5) is 27.7. The van der Waals surface area contributed by atoms with Gasteiger partial charge in [0.25, 0.3) is 11.8 Å². The van der Waals surface area contributed by atoms with Crippen molar-refractivity contribution >= 4 is 20.1 Å². The molecule has 0 saturated carbocycles. The van der Waals surface area contributed by atoms with Gasteiger partial charge in [0.2, 0.25) is 0 Å². The van der Waals surface area contributed by atoms with E-state index >= 15 is 0 Å². The number of nitrogens with zero attached hydrogens (tertiary/aromatic N) is 1. The SMILES string of the molecule is COC1=CC(=O)N(C(=O)[C@@H](O[Si](C)(C)C(C)(C)C)C(C)C)[C@H]1Cc1ccccc1. The minimum Gasteiger partial charge on any atom is -0.499 e. The Morgan fingerprint density at radius 1 is 1.17 bits per heavy atom. The first kappa shape index (κ1) is 23.4. The van der Waals surface area contributed by atoms with Crippen molar-refractivity contribution in [1.29, 1.82) is 0 Å². The van der Waals surface area contributed by atoms with Gasteiger partial charge in [0, 0.05) is 12.5 Å². The normalized spacial score (nSPS) is 18.8. The number of imide groups is 1. The Bertz CT molecular complexity index is 765. The Kier molecular flexibility index (Phi) is 7.12. The molecule has 29 heavy (non-hydrogen) atoms. The zero-order valence-corrected chi connectivity index (χ0v) is 20.0. The lowest BCUT2D eigenvalue weighted by molar-refractivity contribution is -0.150. The Labute approximate surface area is 176 Å². The molecule has 0 N–H and O–H groups in total. The average Bonchev–Trinajstić information content (AvgIpc) is 2.94. The first-order chi connectivity index (χ1) is 13.4. The highest BCUT2D eigenvalue weighted by Gasteiger charge is 2.46. The van der Waals surface area contributed by atoms with E-state index in [1.54, 1.807) is 0 Å². The molecule has 1 aromatic rings. The van der Waals surface area contributed by atoms with Crippen molar-refractivity contribution in [3.05, 3.63) is 47.7 Å². The summed E-state index contributed by atoms with van der Waals surface area (Å²) in [7, 11) is -0.656. The molecule has 6 heteroatoms. The second kappa shape index (κ2) is 8.84. The molecule has 0 fully saturated rings. The third kappa shape index (κ3) is 5.17. The zero-order chi connectivity index (χ0) is 22.0. The highest BCUT2D eigenvalue weighted by molar-refractivity contribution is 6.74. The summed E-state index contributed by atoms with van der Waals surface area (Å²) in [6, 6.07) is 9.38. The Hall–Kier alpha value is -1.92. The van der Waals surface area contributed by atoms with Gasteiger partial charge in [-0.25, -0.2) is 0 Å². The average molecular weight is 418 g/mol. The predicted molar refractivity (Wildman–Crippen MR) is 118 cm³/mol. The van der Waals surface area contributed by atoms with Gasteiger partial charge in [0.15, 0.2) is 8.32 Å². The predicted octanol–water partition coefficient (Wildman–Crippen LogP) is 4.54. The maximum absolute atomic E-state index is 13.6. The van der Waals surface area contributed by atoms with E-state index in [1.807, 2.05) is 44.2 Å². The summed E-state index contributed by atoms with van der Waals surface area (Å²) in [5, 5.41) is -0.0329. The van der Waals surface area contributed by atoms with Gasteiger partial charge in [-0.05, 0) is 29.6 Å². The number of ether oxygens (including phenoxy) is 1. The molecule has 0 aliphatic carbocycles. The van der Waals surface area contributed by atoms with E-state index in [0.717, 1.165) is 5.56 Å². The van der Waals surface area contributed by atoms with Gasteiger partial charge in [0.1, 0.15) is 17.9 Å². The van der Waals surface area contributed by atoms with E-state index in [-0.39, 0.29) is 22.8 Å². The van der Waals surface area contributed by atoms with E-state index in [2.05, 4.69) is 33.9 Å². The number of carbonyl (C=O) groups is 2. The van der Waals surface area contributed by atoms with Crippen molar-refractivity contribution in [2.75, 3.05) is 7.11 Å². The molecule has 1 aliphatic heterocycles. The van der Waals surface area contributed by atoms with Crippen LogP contribution < -0.4 is 0 Å². The molecule has 2 rings (SSSR count). The molecule has 160 valence electrons. The number of rotatable bonds is 7. The lowest BCUT2D eigenvalue weighted by Gasteiger charge is -2.41. The first-order valence-corrected chi connectivity index (χ1v) is 13.1. The van der Waals surface area contributed by atoms with Gasteiger partial charge in [-0.3, -0.25) is 14.5 Å². The quantitative estimate of drug-likeness (QED) is 0.611. The van der Waals surface area contributed by atoms with Crippen LogP contribution in [0.15, 0.2) is 42.2 Å². The van der Waals surface area contributed by atoms with Crippen LogP contribution in [-0.4, -0.2) is 44.3 Å². The molecule has 0 unspecified atom stereocenters. The monoisotopic (exact) mass is 417 g/mol. The van der Waals surface area contributed by atoms with Crippen LogP contribution in [0.1, 0.15) is 40.2 Å². The topological polar surface area (TPSA) is 55.8 Å². The summed E-state index contributed by atoms with van der Waals surface area (Å²) >= 11 is 0. The van der Waals surface area contributed by atoms with Crippen LogP contribution >= 0.6 is 0 Å². The summed E-state index contributed by atoms with van der Waals surface area (Å²) in [6.45, 7) is 14.6. The van der Waals surface area contributed by atoms with Gasteiger partial charge in [-0.15, -0.1) is 0 Å². The van der Waals surface area contributed by atoms with Crippen LogP contribution in [0.25, 0.3) is 0 Å². The minimum atomic E-state index is -2.20. The van der Waals surface area contributed by atoms with E-state index in [9.17, 15) is 9.59 Å². The molecule has 2 atom stereocenters. The summed E-state index contributed by atoms with van der Waals surface area (Å²) < 4.78 is 11.9. The second-order valence-electron chi connectivity index (χ2n) is 9.55. The highest BCUT2D eigenvalue weighted by atomic mass is 28.4. The molecular weight excluding hydrogens is 382 g/mol. The molecule has 0 saturated heterocycles. The van der Waals surface area contributed by atoms with Crippen LogP contribution in [0.2, 0.25) is 18.1 Å². The van der Waals surface area contributed by atoms with Crippen molar-refractivity contribution < 1.29 is 18.8 Å². The number of carbonyl (C=O) groups excluding carboxylic acids is 2. The molecule has 1 heterocycles. The fraction of sp³-hybridized carbons (Fsp3) is 0.565. The highest BCUT2D eigenvalue weighted by Crippen LogP contribution is 2.38. The Morgan fingerprint density at radius 2 is 1.76 bits per heavy atom. The van der Waals surface area contributed by atoms with Gasteiger partial charge < -0.3 is 9.16 Å². The van der Waals surface area contributed by atoms with E-state index in [4.69, 9.17) is 9.16 Å². The van der Waals surface area contributed by atoms with Crippen LogP contribution in [0.5, 0.6) is 0 Å². The second-order valence-corrected chi connectivity index (χ2v) is 14.3. The zero-order valence-electron chi connectivity index (χ0n) is 19.0. The molecule has 0 radical (unpaired) electrons. The van der Waals surface area contributed by atoms with Crippen LogP contribution in [-0.2, 0) is 25.2 Å². The molecule has 5 nitrogen and oxygen atoms in total. The fourth-order valence-corrected chi connectivity index (χ4v) is 4.52. The number of methoxy groups -OCH3 is 1. The molecule has 1 aliphatic rings. The van der Waals surface area contributed by atoms with Crippen molar-refractivity contribution in [1.82, 2.24) is 4.90 Å². The molecule has 2 amide bonds. The van der Waals surface area contributed by atoms with Gasteiger partial charge >= 0.3 is 0 Å². The molecular formula is C23H35NO4Si. The maximum atomic E-state index is 13.6. The van der Waals surface area contributed by atoms with Crippen molar-refractivity contribution in [2.45, 2.75) is 71.3 Å². The Morgan fingerprint density at radius 3 is 2.24 bits per heavy atom. The van der Waals surface area contributed by atoms with Crippen LogP contribution in [0.3, 0.4) is 0 Å². The largest absolute Gasteiger partial charge is 0.499 e. The summed E-state index contributed by atoms with van der Waals surface area (Å²) in [5.74, 6) is -0.147. The number of hydrogen-bond acceptors (Lipinski definition) is 4. The number of amides is 2. The molecule has 0 bridgehead atoms. The van der Waals surface area contributed by atoms with E-state index in [0.29, 0.717) is 12.2 Å². The lowest BCUT2D eigenvalue weighted by atomic mass is 10.0. The van der Waals surface area contributed by atoms with Crippen molar-refractivity contribution in [3.63, 3.8) is 0 Å². The maximum Gasteiger partial charge on any atom is 0.258 e. The number of benzene rings is 1. The molecule has 0 aromatic heterocycles. The smallest absolute Gasteiger partial charge is 0.258 e. The molecule has 1 aromatic carbocycles. The summed E-state index contributed by atoms with van der Waals surface area (Å²) in [6.07, 6.45) is 1.28. The van der Waals surface area contributed by atoms with E-state index in [1.165, 1.54) is 18.1 Å². The van der Waals surface area contributed by atoms with Crippen LogP contribution in [0.4, 0.5) is 0 Å². The standard InChI is InChI=1S/C23H35NO4Si/c1-16(2)21(28-29(7,8)23(3,4)5)22(26)24-18(19(27-6)15-20(24)25)14-17-12-10-9-11-13-17/h9-13,15-16,18,21H,14H2,1-8H3/t18-,21-/m0/s1. The van der Waals surface area contributed by atoms with Gasteiger partial charge in [-0.1, -0.05) is 65.0 Å². The first-order valence-electron chi connectivity index (χ1n) is 10.2. The van der Waals surface area contributed by atoms with E-state index < -0.39 is 20.5 Å². The fourth-order valence-electron chi connectivity index (χ4n) is 3.16. The summed E-state index contributed by atoms with van der Waals surface area (Å²) in [5.41, 5.74) is 1.04. The van der Waals surface area contributed by atoms with Crippen LogP contribution in [0, 0.1) is 5.92 Å². The third-order valence-electron chi connectivity index (χ3n) is 5.96. The lowest BCUT2D eigenvalue weighted by Crippen LogP contribution is -2.54. The third-order valence-corrected chi connectivity index (χ3v) is 10.4. The molecule has 0 spiro atoms. The Balaban J connectivity index is 2.34. The number of hydrogen-bond donors (Lipinski definition) is 0. The van der Waals surface area contributed by atoms with Crippen molar-refractivity contribution in [3.8, 4) is 0 Å². The van der Waals surface area contributed by atoms with Gasteiger partial charge in [0.05, 0.1) is 7.11 Å². The van der Waals surface area contributed by atoms with Gasteiger partial charge in [-0.2, -0.15) is 0 Å².